The van der Waals surface area contributed by atoms with E-state index in [2.05, 4.69) is 27.4 Å². The highest BCUT2D eigenvalue weighted by atomic mass is 16.5. The third-order valence-electron chi connectivity index (χ3n) is 5.55. The number of H-pyrrole nitrogens is 1. The molecule has 0 radical (unpaired) electrons. The van der Waals surface area contributed by atoms with Crippen LogP contribution in [0.1, 0.15) is 44.1 Å². The van der Waals surface area contributed by atoms with Gasteiger partial charge in [-0.25, -0.2) is 0 Å². The largest absolute Gasteiger partial charge is 0.426 e. The topological polar surface area (TPSA) is 49.9 Å². The van der Waals surface area contributed by atoms with Crippen molar-refractivity contribution in [2.45, 2.75) is 44.9 Å². The Morgan fingerprint density at radius 2 is 1.78 bits per heavy atom. The minimum atomic E-state index is 0.535. The first-order valence-electron chi connectivity index (χ1n) is 10.3. The van der Waals surface area contributed by atoms with Gasteiger partial charge in [0.1, 0.15) is 5.75 Å². The number of benzene rings is 2. The summed E-state index contributed by atoms with van der Waals surface area (Å²) in [6.45, 7) is 2.19. The average molecular weight is 364 g/mol. The number of ether oxygens (including phenoxy) is 1. The van der Waals surface area contributed by atoms with Gasteiger partial charge in [-0.1, -0.05) is 56.4 Å². The number of aromatic nitrogens is 2. The van der Waals surface area contributed by atoms with Crippen molar-refractivity contribution < 1.29 is 4.74 Å². The van der Waals surface area contributed by atoms with E-state index >= 15 is 0 Å². The van der Waals surface area contributed by atoms with Crippen molar-refractivity contribution in [1.29, 1.82) is 0 Å². The van der Waals surface area contributed by atoms with Crippen molar-refractivity contribution in [2.75, 3.05) is 13.1 Å². The van der Waals surface area contributed by atoms with Crippen LogP contribution in [0, 0.1) is 5.92 Å². The fourth-order valence-electron chi connectivity index (χ4n) is 3.95. The van der Waals surface area contributed by atoms with Crippen LogP contribution in [0.3, 0.4) is 0 Å². The number of fused-ring (bicyclic) bond motifs is 1. The Hall–Kier alpha value is -2.33. The van der Waals surface area contributed by atoms with E-state index in [4.69, 9.17) is 4.74 Å². The third kappa shape index (κ3) is 5.10. The molecule has 27 heavy (non-hydrogen) atoms. The van der Waals surface area contributed by atoms with Crippen LogP contribution >= 0.6 is 0 Å². The third-order valence-corrected chi connectivity index (χ3v) is 5.55. The van der Waals surface area contributed by atoms with Crippen LogP contribution in [-0.2, 0) is 6.42 Å². The number of hydrogen-bond donors (Lipinski definition) is 2. The lowest BCUT2D eigenvalue weighted by atomic mass is 9.87. The Labute approximate surface area is 161 Å². The first-order valence-corrected chi connectivity index (χ1v) is 10.3. The van der Waals surface area contributed by atoms with Crippen molar-refractivity contribution in [3.8, 4) is 11.8 Å². The zero-order valence-corrected chi connectivity index (χ0v) is 15.9. The zero-order valence-electron chi connectivity index (χ0n) is 15.9. The number of aromatic amines is 1. The summed E-state index contributed by atoms with van der Waals surface area (Å²) in [5.74, 6) is 1.77. The van der Waals surface area contributed by atoms with Gasteiger partial charge in [0.05, 0.1) is 11.0 Å². The van der Waals surface area contributed by atoms with Crippen molar-refractivity contribution in [3.63, 3.8) is 0 Å². The Bertz CT molecular complexity index is 801. The molecule has 2 aromatic carbocycles. The summed E-state index contributed by atoms with van der Waals surface area (Å²) < 4.78 is 5.85. The van der Waals surface area contributed by atoms with Crippen molar-refractivity contribution >= 4 is 11.0 Å². The molecule has 0 saturated heterocycles. The molecule has 0 atom stereocenters. The number of hydrogen-bond acceptors (Lipinski definition) is 3. The molecule has 4 nitrogen and oxygen atoms in total. The van der Waals surface area contributed by atoms with Gasteiger partial charge in [0.15, 0.2) is 0 Å². The molecule has 1 aliphatic carbocycles. The second kappa shape index (κ2) is 9.05. The minimum absolute atomic E-state index is 0.535. The average Bonchev–Trinajstić information content (AvgIpc) is 3.12. The molecule has 142 valence electrons. The first-order chi connectivity index (χ1) is 13.4. The lowest BCUT2D eigenvalue weighted by Crippen LogP contribution is -2.21. The van der Waals surface area contributed by atoms with Gasteiger partial charge in [-0.3, -0.25) is 0 Å². The number of imidazole rings is 1. The van der Waals surface area contributed by atoms with Crippen LogP contribution in [-0.4, -0.2) is 23.1 Å². The molecular formula is C23H29N3O. The molecule has 1 aliphatic rings. The maximum absolute atomic E-state index is 5.85. The van der Waals surface area contributed by atoms with Crippen LogP contribution < -0.4 is 10.1 Å². The molecule has 2 N–H and O–H groups in total. The number of rotatable bonds is 8. The highest BCUT2D eigenvalue weighted by molar-refractivity contribution is 5.75. The van der Waals surface area contributed by atoms with E-state index in [-0.39, 0.29) is 0 Å². The summed E-state index contributed by atoms with van der Waals surface area (Å²) in [7, 11) is 0. The SMILES string of the molecule is c1ccc2[nH]c(Oc3ccc(CCNCCC4CCCCC4)cc3)nc2c1. The summed E-state index contributed by atoms with van der Waals surface area (Å²) in [6.07, 6.45) is 9.59. The summed E-state index contributed by atoms with van der Waals surface area (Å²) in [5.41, 5.74) is 3.24. The molecule has 0 bridgehead atoms. The Morgan fingerprint density at radius 3 is 2.59 bits per heavy atom. The van der Waals surface area contributed by atoms with Crippen LogP contribution in [0.5, 0.6) is 11.8 Å². The van der Waals surface area contributed by atoms with E-state index < -0.39 is 0 Å². The molecule has 1 saturated carbocycles. The van der Waals surface area contributed by atoms with Gasteiger partial charge in [0.2, 0.25) is 0 Å². The fraction of sp³-hybridized carbons (Fsp3) is 0.435. The quantitative estimate of drug-likeness (QED) is 0.523. The number of nitrogens with zero attached hydrogens (tertiary/aromatic N) is 1. The first kappa shape index (κ1) is 18.1. The van der Waals surface area contributed by atoms with E-state index in [1.165, 1.54) is 44.1 Å². The lowest BCUT2D eigenvalue weighted by molar-refractivity contribution is 0.334. The van der Waals surface area contributed by atoms with Crippen LogP contribution in [0.2, 0.25) is 0 Å². The molecule has 4 rings (SSSR count). The van der Waals surface area contributed by atoms with Gasteiger partial charge < -0.3 is 15.0 Å². The summed E-state index contributed by atoms with van der Waals surface area (Å²) >= 11 is 0. The highest BCUT2D eigenvalue weighted by Crippen LogP contribution is 2.25. The minimum Gasteiger partial charge on any atom is -0.426 e. The van der Waals surface area contributed by atoms with Gasteiger partial charge in [0.25, 0.3) is 6.01 Å². The van der Waals surface area contributed by atoms with Gasteiger partial charge >= 0.3 is 0 Å². The normalized spacial score (nSPS) is 15.3. The number of nitrogens with one attached hydrogen (secondary N) is 2. The maximum atomic E-state index is 5.85. The second-order valence-electron chi connectivity index (χ2n) is 7.60. The molecule has 0 unspecified atom stereocenters. The molecule has 1 aromatic heterocycles. The van der Waals surface area contributed by atoms with Crippen molar-refractivity contribution in [1.82, 2.24) is 15.3 Å². The molecule has 1 heterocycles. The standard InChI is InChI=1S/C23H29N3O/c1-2-6-18(7-3-1)14-16-24-17-15-19-10-12-20(13-11-19)27-23-25-21-8-4-5-9-22(21)26-23/h4-5,8-13,18,24H,1-3,6-7,14-17H2,(H,25,26). The molecule has 0 amide bonds. The molecule has 0 aliphatic heterocycles. The van der Waals surface area contributed by atoms with E-state index in [9.17, 15) is 0 Å². The van der Waals surface area contributed by atoms with Crippen molar-refractivity contribution in [3.05, 3.63) is 54.1 Å². The van der Waals surface area contributed by atoms with E-state index in [1.54, 1.807) is 0 Å². The predicted octanol–water partition coefficient (Wildman–Crippen LogP) is 5.46. The molecule has 4 heteroatoms. The number of para-hydroxylation sites is 2. The van der Waals surface area contributed by atoms with E-state index in [0.29, 0.717) is 6.01 Å². The molecular weight excluding hydrogens is 334 g/mol. The lowest BCUT2D eigenvalue weighted by Gasteiger charge is -2.21. The summed E-state index contributed by atoms with van der Waals surface area (Å²) in [4.78, 5) is 7.64. The predicted molar refractivity (Wildman–Crippen MR) is 110 cm³/mol. The van der Waals surface area contributed by atoms with E-state index in [1.807, 2.05) is 36.4 Å². The highest BCUT2D eigenvalue weighted by Gasteiger charge is 2.12. The Kier molecular flexibility index (Phi) is 6.05. The Balaban J connectivity index is 1.20. The molecule has 3 aromatic rings. The van der Waals surface area contributed by atoms with Crippen LogP contribution in [0.15, 0.2) is 48.5 Å². The van der Waals surface area contributed by atoms with Gasteiger partial charge in [-0.15, -0.1) is 0 Å². The van der Waals surface area contributed by atoms with Gasteiger partial charge in [-0.05, 0) is 61.7 Å². The summed E-state index contributed by atoms with van der Waals surface area (Å²) in [6, 6.07) is 16.8. The molecule has 1 fully saturated rings. The second-order valence-corrected chi connectivity index (χ2v) is 7.60. The Morgan fingerprint density at radius 1 is 0.963 bits per heavy atom. The zero-order chi connectivity index (χ0) is 18.3. The molecule has 0 spiro atoms. The monoisotopic (exact) mass is 363 g/mol. The maximum Gasteiger partial charge on any atom is 0.300 e. The fourth-order valence-corrected chi connectivity index (χ4v) is 3.95. The van der Waals surface area contributed by atoms with Crippen LogP contribution in [0.4, 0.5) is 0 Å². The smallest absolute Gasteiger partial charge is 0.300 e. The van der Waals surface area contributed by atoms with Gasteiger partial charge in [0, 0.05) is 0 Å². The van der Waals surface area contributed by atoms with Crippen molar-refractivity contribution in [2.24, 2.45) is 5.92 Å². The van der Waals surface area contributed by atoms with E-state index in [0.717, 1.165) is 42.2 Å². The van der Waals surface area contributed by atoms with Gasteiger partial charge in [-0.2, -0.15) is 4.98 Å². The summed E-state index contributed by atoms with van der Waals surface area (Å²) in [5, 5.41) is 3.60. The van der Waals surface area contributed by atoms with Crippen LogP contribution in [0.25, 0.3) is 11.0 Å².